The molecule has 1 aromatic rings. The van der Waals surface area contributed by atoms with Gasteiger partial charge in [0.2, 0.25) is 5.91 Å². The SMILES string of the molecule is CCO[C@@H]1CO[C@@]2(CCCN(C(=O)Cc3ccco3)C2)C1. The number of likely N-dealkylation sites (tertiary alicyclic amines) is 1. The summed E-state index contributed by atoms with van der Waals surface area (Å²) in [5.74, 6) is 0.839. The Bertz CT molecular complexity index is 473. The van der Waals surface area contributed by atoms with E-state index in [1.54, 1.807) is 6.26 Å². The lowest BCUT2D eigenvalue weighted by atomic mass is 9.89. The Morgan fingerprint density at radius 2 is 2.48 bits per heavy atom. The zero-order valence-corrected chi connectivity index (χ0v) is 12.5. The lowest BCUT2D eigenvalue weighted by molar-refractivity contribution is -0.138. The molecule has 5 nitrogen and oxygen atoms in total. The predicted molar refractivity (Wildman–Crippen MR) is 76.9 cm³/mol. The van der Waals surface area contributed by atoms with Gasteiger partial charge in [0.05, 0.1) is 31.0 Å². The van der Waals surface area contributed by atoms with Crippen molar-refractivity contribution in [2.45, 2.75) is 44.3 Å². The fraction of sp³-hybridized carbons (Fsp3) is 0.688. The van der Waals surface area contributed by atoms with E-state index in [1.165, 1.54) is 0 Å². The summed E-state index contributed by atoms with van der Waals surface area (Å²) in [5.41, 5.74) is -0.198. The van der Waals surface area contributed by atoms with Crippen molar-refractivity contribution in [3.05, 3.63) is 24.2 Å². The first-order valence-electron chi connectivity index (χ1n) is 7.76. The van der Waals surface area contributed by atoms with Gasteiger partial charge in [-0.3, -0.25) is 4.79 Å². The summed E-state index contributed by atoms with van der Waals surface area (Å²) in [6.45, 7) is 4.85. The van der Waals surface area contributed by atoms with Gasteiger partial charge in [-0.1, -0.05) is 0 Å². The molecule has 0 aliphatic carbocycles. The number of nitrogens with zero attached hydrogens (tertiary/aromatic N) is 1. The number of carbonyl (C=O) groups excluding carboxylic acids is 1. The van der Waals surface area contributed by atoms with Gasteiger partial charge in [0.25, 0.3) is 0 Å². The van der Waals surface area contributed by atoms with E-state index in [0.29, 0.717) is 26.2 Å². The highest BCUT2D eigenvalue weighted by Gasteiger charge is 2.44. The van der Waals surface area contributed by atoms with E-state index in [1.807, 2.05) is 24.0 Å². The molecule has 21 heavy (non-hydrogen) atoms. The third-order valence-electron chi connectivity index (χ3n) is 4.38. The minimum Gasteiger partial charge on any atom is -0.469 e. The van der Waals surface area contributed by atoms with Gasteiger partial charge in [-0.2, -0.15) is 0 Å². The van der Waals surface area contributed by atoms with Crippen LogP contribution in [0.2, 0.25) is 0 Å². The standard InChI is InChI=1S/C16H23NO4/c1-2-19-14-10-16(21-11-14)6-4-7-17(12-16)15(18)9-13-5-3-8-20-13/h3,5,8,14H,2,4,6-7,9-12H2,1H3/t14-,16-/m0/s1. The molecule has 3 heterocycles. The van der Waals surface area contributed by atoms with Crippen LogP contribution < -0.4 is 0 Å². The molecule has 2 atom stereocenters. The van der Waals surface area contributed by atoms with Crippen molar-refractivity contribution in [2.24, 2.45) is 0 Å². The van der Waals surface area contributed by atoms with Gasteiger partial charge in [0.15, 0.2) is 0 Å². The molecule has 0 unspecified atom stereocenters. The summed E-state index contributed by atoms with van der Waals surface area (Å²) in [6, 6.07) is 3.65. The Hall–Kier alpha value is -1.33. The van der Waals surface area contributed by atoms with Gasteiger partial charge in [-0.05, 0) is 31.9 Å². The van der Waals surface area contributed by atoms with Gasteiger partial charge >= 0.3 is 0 Å². The quantitative estimate of drug-likeness (QED) is 0.852. The maximum Gasteiger partial charge on any atom is 0.230 e. The van der Waals surface area contributed by atoms with E-state index in [2.05, 4.69) is 0 Å². The topological polar surface area (TPSA) is 51.9 Å². The van der Waals surface area contributed by atoms with Crippen molar-refractivity contribution in [3.8, 4) is 0 Å². The van der Waals surface area contributed by atoms with E-state index >= 15 is 0 Å². The average molecular weight is 293 g/mol. The molecule has 0 bridgehead atoms. The molecule has 1 amide bonds. The number of hydrogen-bond acceptors (Lipinski definition) is 4. The molecule has 0 aromatic carbocycles. The number of hydrogen-bond donors (Lipinski definition) is 0. The molecule has 3 rings (SSSR count). The number of rotatable bonds is 4. The summed E-state index contributed by atoms with van der Waals surface area (Å²) in [7, 11) is 0. The van der Waals surface area contributed by atoms with Gasteiger partial charge in [0.1, 0.15) is 5.76 Å². The van der Waals surface area contributed by atoms with Crippen LogP contribution in [0.15, 0.2) is 22.8 Å². The fourth-order valence-corrected chi connectivity index (χ4v) is 3.41. The van der Waals surface area contributed by atoms with E-state index in [4.69, 9.17) is 13.9 Å². The van der Waals surface area contributed by atoms with E-state index < -0.39 is 0 Å². The number of furan rings is 1. The second kappa shape index (κ2) is 6.20. The van der Waals surface area contributed by atoms with Crippen LogP contribution >= 0.6 is 0 Å². The summed E-state index contributed by atoms with van der Waals surface area (Å²) in [6.07, 6.45) is 5.01. The summed E-state index contributed by atoms with van der Waals surface area (Å²) in [5, 5.41) is 0. The van der Waals surface area contributed by atoms with Gasteiger partial charge in [0, 0.05) is 26.1 Å². The Labute approximate surface area is 125 Å². The molecular formula is C16H23NO4. The first-order valence-corrected chi connectivity index (χ1v) is 7.76. The minimum absolute atomic E-state index is 0.118. The Kier molecular flexibility index (Phi) is 4.31. The van der Waals surface area contributed by atoms with Crippen LogP contribution in [-0.2, 0) is 20.7 Å². The van der Waals surface area contributed by atoms with Crippen LogP contribution in [0, 0.1) is 0 Å². The lowest BCUT2D eigenvalue weighted by Gasteiger charge is -2.39. The molecule has 116 valence electrons. The highest BCUT2D eigenvalue weighted by Crippen LogP contribution is 2.35. The lowest BCUT2D eigenvalue weighted by Crippen LogP contribution is -2.50. The first-order chi connectivity index (χ1) is 10.2. The summed E-state index contributed by atoms with van der Waals surface area (Å²) < 4.78 is 16.9. The molecule has 0 saturated carbocycles. The minimum atomic E-state index is -0.198. The second-order valence-corrected chi connectivity index (χ2v) is 5.95. The maximum atomic E-state index is 12.4. The van der Waals surface area contributed by atoms with Crippen molar-refractivity contribution in [1.82, 2.24) is 4.90 Å². The summed E-state index contributed by atoms with van der Waals surface area (Å²) in [4.78, 5) is 14.3. The average Bonchev–Trinajstić information content (AvgIpc) is 3.10. The zero-order chi connectivity index (χ0) is 14.7. The fourth-order valence-electron chi connectivity index (χ4n) is 3.41. The molecule has 1 aromatic heterocycles. The molecule has 2 aliphatic heterocycles. The van der Waals surface area contributed by atoms with Crippen molar-refractivity contribution in [1.29, 1.82) is 0 Å². The van der Waals surface area contributed by atoms with Crippen LogP contribution in [-0.4, -0.2) is 48.8 Å². The number of amides is 1. The molecular weight excluding hydrogens is 270 g/mol. The molecule has 5 heteroatoms. The Balaban J connectivity index is 1.59. The molecule has 2 fully saturated rings. The van der Waals surface area contributed by atoms with Crippen molar-refractivity contribution in [2.75, 3.05) is 26.3 Å². The second-order valence-electron chi connectivity index (χ2n) is 5.95. The van der Waals surface area contributed by atoms with Crippen molar-refractivity contribution < 1.29 is 18.7 Å². The van der Waals surface area contributed by atoms with Crippen LogP contribution in [0.1, 0.15) is 31.9 Å². The largest absolute Gasteiger partial charge is 0.469 e. The van der Waals surface area contributed by atoms with Crippen LogP contribution in [0.4, 0.5) is 0 Å². The van der Waals surface area contributed by atoms with Crippen LogP contribution in [0.3, 0.4) is 0 Å². The smallest absolute Gasteiger partial charge is 0.230 e. The molecule has 0 radical (unpaired) electrons. The van der Waals surface area contributed by atoms with Crippen LogP contribution in [0.5, 0.6) is 0 Å². The molecule has 1 spiro atoms. The van der Waals surface area contributed by atoms with E-state index in [0.717, 1.165) is 31.6 Å². The number of piperidine rings is 1. The summed E-state index contributed by atoms with van der Waals surface area (Å²) >= 11 is 0. The highest BCUT2D eigenvalue weighted by molar-refractivity contribution is 5.78. The van der Waals surface area contributed by atoms with Crippen LogP contribution in [0.25, 0.3) is 0 Å². The monoisotopic (exact) mass is 293 g/mol. The van der Waals surface area contributed by atoms with Crippen molar-refractivity contribution >= 4 is 5.91 Å². The molecule has 2 saturated heterocycles. The van der Waals surface area contributed by atoms with Gasteiger partial charge in [-0.15, -0.1) is 0 Å². The Morgan fingerprint density at radius 3 is 3.24 bits per heavy atom. The van der Waals surface area contributed by atoms with E-state index in [-0.39, 0.29) is 17.6 Å². The first kappa shape index (κ1) is 14.6. The third-order valence-corrected chi connectivity index (χ3v) is 4.38. The van der Waals surface area contributed by atoms with Crippen molar-refractivity contribution in [3.63, 3.8) is 0 Å². The van der Waals surface area contributed by atoms with Gasteiger partial charge in [-0.25, -0.2) is 0 Å². The zero-order valence-electron chi connectivity index (χ0n) is 12.5. The molecule has 2 aliphatic rings. The molecule has 0 N–H and O–H groups in total. The number of ether oxygens (including phenoxy) is 2. The van der Waals surface area contributed by atoms with E-state index in [9.17, 15) is 4.79 Å². The van der Waals surface area contributed by atoms with Gasteiger partial charge < -0.3 is 18.8 Å². The third kappa shape index (κ3) is 3.30. The predicted octanol–water partition coefficient (Wildman–Crippen LogP) is 2.01. The highest BCUT2D eigenvalue weighted by atomic mass is 16.6. The Morgan fingerprint density at radius 1 is 1.57 bits per heavy atom. The number of carbonyl (C=O) groups is 1. The normalized spacial score (nSPS) is 29.2. The maximum absolute atomic E-state index is 12.4.